The molecule has 0 aromatic heterocycles. The summed E-state index contributed by atoms with van der Waals surface area (Å²) in [5.74, 6) is 0.875. The molecule has 6 nitrogen and oxygen atoms in total. The highest BCUT2D eigenvalue weighted by Crippen LogP contribution is 2.21. The van der Waals surface area contributed by atoms with Crippen LogP contribution in [0.5, 0.6) is 5.75 Å². The fourth-order valence-corrected chi connectivity index (χ4v) is 3.42. The normalized spacial score (nSPS) is 14.6. The van der Waals surface area contributed by atoms with E-state index in [1.807, 2.05) is 31.2 Å². The Morgan fingerprint density at radius 2 is 1.82 bits per heavy atom. The molecule has 2 amide bonds. The van der Waals surface area contributed by atoms with Crippen molar-refractivity contribution in [1.82, 2.24) is 10.2 Å². The summed E-state index contributed by atoms with van der Waals surface area (Å²) in [6.07, 6.45) is 0. The molecule has 1 fully saturated rings. The number of rotatable bonds is 6. The van der Waals surface area contributed by atoms with E-state index in [2.05, 4.69) is 32.6 Å². The van der Waals surface area contributed by atoms with Gasteiger partial charge in [-0.25, -0.2) is 4.79 Å². The molecule has 1 aliphatic rings. The molecule has 7 heteroatoms. The summed E-state index contributed by atoms with van der Waals surface area (Å²) in [6.45, 7) is 7.27. The van der Waals surface area contributed by atoms with Crippen LogP contribution in [0.2, 0.25) is 5.02 Å². The predicted octanol–water partition coefficient (Wildman–Crippen LogP) is 3.60. The minimum Gasteiger partial charge on any atom is -0.497 e. The fourth-order valence-electron chi connectivity index (χ4n) is 3.25. The molecule has 0 radical (unpaired) electrons. The predicted molar refractivity (Wildman–Crippen MR) is 115 cm³/mol. The first-order valence-electron chi connectivity index (χ1n) is 9.47. The number of benzene rings is 2. The van der Waals surface area contributed by atoms with Crippen LogP contribution in [0.15, 0.2) is 42.5 Å². The van der Waals surface area contributed by atoms with Gasteiger partial charge in [-0.3, -0.25) is 4.90 Å². The molecule has 1 aliphatic heterocycles. The standard InChI is InChI=1S/C21H27ClN4O2/c1-16-3-4-17(22)15-20(16)24-21(27)23-9-10-25-11-13-26(14-12-25)18-5-7-19(28-2)8-6-18/h3-8,15H,9-14H2,1-2H3,(H2,23,24,27). The number of aryl methyl sites for hydroxylation is 1. The van der Waals surface area contributed by atoms with Crippen molar-refractivity contribution in [1.29, 1.82) is 0 Å². The van der Waals surface area contributed by atoms with E-state index in [-0.39, 0.29) is 6.03 Å². The minimum atomic E-state index is -0.206. The number of urea groups is 1. The van der Waals surface area contributed by atoms with E-state index in [9.17, 15) is 4.79 Å². The Kier molecular flexibility index (Phi) is 7.01. The summed E-state index contributed by atoms with van der Waals surface area (Å²) in [5, 5.41) is 6.38. The molecule has 0 bridgehead atoms. The number of halogens is 1. The number of nitrogens with one attached hydrogen (secondary N) is 2. The van der Waals surface area contributed by atoms with Crippen molar-refractivity contribution in [3.05, 3.63) is 53.1 Å². The lowest BCUT2D eigenvalue weighted by Crippen LogP contribution is -2.48. The van der Waals surface area contributed by atoms with Crippen molar-refractivity contribution in [2.45, 2.75) is 6.92 Å². The van der Waals surface area contributed by atoms with Crippen molar-refractivity contribution in [3.63, 3.8) is 0 Å². The van der Waals surface area contributed by atoms with E-state index in [0.717, 1.165) is 49.7 Å². The van der Waals surface area contributed by atoms with Crippen molar-refractivity contribution >= 4 is 29.0 Å². The number of carbonyl (C=O) groups is 1. The lowest BCUT2D eigenvalue weighted by molar-refractivity contribution is 0.240. The van der Waals surface area contributed by atoms with Gasteiger partial charge in [0, 0.05) is 55.7 Å². The number of nitrogens with zero attached hydrogens (tertiary/aromatic N) is 2. The molecule has 150 valence electrons. The van der Waals surface area contributed by atoms with Gasteiger partial charge in [0.1, 0.15) is 5.75 Å². The SMILES string of the molecule is COc1ccc(N2CCN(CCNC(=O)Nc3cc(Cl)ccc3C)CC2)cc1. The Bertz CT molecular complexity index is 789. The Hall–Kier alpha value is -2.44. The van der Waals surface area contributed by atoms with Gasteiger partial charge in [-0.05, 0) is 48.9 Å². The third-order valence-electron chi connectivity index (χ3n) is 4.97. The van der Waals surface area contributed by atoms with Gasteiger partial charge in [-0.2, -0.15) is 0 Å². The molecule has 2 aromatic carbocycles. The Labute approximate surface area is 171 Å². The van der Waals surface area contributed by atoms with Crippen LogP contribution in [0.25, 0.3) is 0 Å². The zero-order chi connectivity index (χ0) is 19.9. The van der Waals surface area contributed by atoms with Crippen molar-refractivity contribution in [3.8, 4) is 5.75 Å². The molecule has 0 aliphatic carbocycles. The molecule has 1 saturated heterocycles. The second-order valence-electron chi connectivity index (χ2n) is 6.87. The summed E-state index contributed by atoms with van der Waals surface area (Å²) in [6, 6.07) is 13.4. The van der Waals surface area contributed by atoms with Gasteiger partial charge >= 0.3 is 6.03 Å². The molecule has 0 saturated carbocycles. The second-order valence-corrected chi connectivity index (χ2v) is 7.30. The maximum absolute atomic E-state index is 12.1. The third kappa shape index (κ3) is 5.53. The van der Waals surface area contributed by atoms with Crippen LogP contribution < -0.4 is 20.3 Å². The average Bonchev–Trinajstić information content (AvgIpc) is 2.71. The maximum atomic E-state index is 12.1. The van der Waals surface area contributed by atoms with Gasteiger partial charge in [0.15, 0.2) is 0 Å². The largest absolute Gasteiger partial charge is 0.497 e. The fraction of sp³-hybridized carbons (Fsp3) is 0.381. The lowest BCUT2D eigenvalue weighted by Gasteiger charge is -2.36. The second kappa shape index (κ2) is 9.66. The summed E-state index contributed by atoms with van der Waals surface area (Å²) in [7, 11) is 1.68. The third-order valence-corrected chi connectivity index (χ3v) is 5.21. The van der Waals surface area contributed by atoms with Gasteiger partial charge in [0.05, 0.1) is 7.11 Å². The first-order chi connectivity index (χ1) is 13.5. The molecule has 2 aromatic rings. The average molecular weight is 403 g/mol. The number of hydrogen-bond acceptors (Lipinski definition) is 4. The molecule has 2 N–H and O–H groups in total. The minimum absolute atomic E-state index is 0.206. The Morgan fingerprint density at radius 3 is 2.50 bits per heavy atom. The zero-order valence-electron chi connectivity index (χ0n) is 16.4. The Morgan fingerprint density at radius 1 is 1.11 bits per heavy atom. The van der Waals surface area contributed by atoms with Crippen LogP contribution in [0.1, 0.15) is 5.56 Å². The van der Waals surface area contributed by atoms with Crippen molar-refractivity contribution < 1.29 is 9.53 Å². The molecular weight excluding hydrogens is 376 g/mol. The van der Waals surface area contributed by atoms with E-state index >= 15 is 0 Å². The number of amides is 2. The first kappa shape index (κ1) is 20.3. The molecule has 1 heterocycles. The van der Waals surface area contributed by atoms with Crippen LogP contribution in [-0.2, 0) is 0 Å². The van der Waals surface area contributed by atoms with Crippen LogP contribution in [0.4, 0.5) is 16.2 Å². The highest BCUT2D eigenvalue weighted by molar-refractivity contribution is 6.31. The van der Waals surface area contributed by atoms with E-state index in [1.165, 1.54) is 5.69 Å². The molecule has 28 heavy (non-hydrogen) atoms. The van der Waals surface area contributed by atoms with Crippen molar-refractivity contribution in [2.75, 3.05) is 56.6 Å². The lowest BCUT2D eigenvalue weighted by atomic mass is 10.2. The van der Waals surface area contributed by atoms with Gasteiger partial charge in [-0.1, -0.05) is 17.7 Å². The molecule has 0 unspecified atom stereocenters. The number of piperazine rings is 1. The molecule has 3 rings (SSSR count). The van der Waals surface area contributed by atoms with Gasteiger partial charge in [0.25, 0.3) is 0 Å². The van der Waals surface area contributed by atoms with E-state index in [1.54, 1.807) is 13.2 Å². The smallest absolute Gasteiger partial charge is 0.319 e. The number of ether oxygens (including phenoxy) is 1. The number of carbonyl (C=O) groups excluding carboxylic acids is 1. The number of anilines is 2. The summed E-state index contributed by atoms with van der Waals surface area (Å²) >= 11 is 5.99. The molecule has 0 atom stereocenters. The summed E-state index contributed by atoms with van der Waals surface area (Å²) < 4.78 is 5.21. The monoisotopic (exact) mass is 402 g/mol. The first-order valence-corrected chi connectivity index (χ1v) is 9.85. The quantitative estimate of drug-likeness (QED) is 0.775. The highest BCUT2D eigenvalue weighted by Gasteiger charge is 2.17. The van der Waals surface area contributed by atoms with E-state index in [4.69, 9.17) is 16.3 Å². The van der Waals surface area contributed by atoms with Crippen LogP contribution in [0, 0.1) is 6.92 Å². The van der Waals surface area contributed by atoms with Crippen LogP contribution in [-0.4, -0.2) is 57.3 Å². The van der Waals surface area contributed by atoms with Gasteiger partial charge in [0.2, 0.25) is 0 Å². The molecule has 0 spiro atoms. The summed E-state index contributed by atoms with van der Waals surface area (Å²) in [5.41, 5.74) is 2.93. The maximum Gasteiger partial charge on any atom is 0.319 e. The number of methoxy groups -OCH3 is 1. The van der Waals surface area contributed by atoms with E-state index < -0.39 is 0 Å². The molecular formula is C21H27ClN4O2. The van der Waals surface area contributed by atoms with Crippen LogP contribution in [0.3, 0.4) is 0 Å². The number of hydrogen-bond donors (Lipinski definition) is 2. The Balaban J connectivity index is 1.38. The van der Waals surface area contributed by atoms with Crippen molar-refractivity contribution in [2.24, 2.45) is 0 Å². The summed E-state index contributed by atoms with van der Waals surface area (Å²) in [4.78, 5) is 16.8. The van der Waals surface area contributed by atoms with Gasteiger partial charge in [-0.15, -0.1) is 0 Å². The topological polar surface area (TPSA) is 56.8 Å². The highest BCUT2D eigenvalue weighted by atomic mass is 35.5. The van der Waals surface area contributed by atoms with Gasteiger partial charge < -0.3 is 20.3 Å². The van der Waals surface area contributed by atoms with E-state index in [0.29, 0.717) is 11.6 Å². The van der Waals surface area contributed by atoms with Crippen LogP contribution >= 0.6 is 11.6 Å². The zero-order valence-corrected chi connectivity index (χ0v) is 17.1.